The molecule has 23 heavy (non-hydrogen) atoms. The standard InChI is InChI=1S/C17H26N2O3S/c1-21-15-9-8-12(10-16(15)22-2)14(20)11-18-17(23)19-13-6-4-3-5-7-13/h8-10,13-14,20H,3-7,11H2,1-2H3,(H2,18,19,23). The van der Waals surface area contributed by atoms with Gasteiger partial charge in [-0.3, -0.25) is 0 Å². The largest absolute Gasteiger partial charge is 0.493 e. The maximum Gasteiger partial charge on any atom is 0.166 e. The lowest BCUT2D eigenvalue weighted by molar-refractivity contribution is 0.180. The molecule has 0 bridgehead atoms. The molecule has 1 unspecified atom stereocenters. The predicted molar refractivity (Wildman–Crippen MR) is 95.1 cm³/mol. The van der Waals surface area contributed by atoms with Crippen molar-refractivity contribution in [3.05, 3.63) is 23.8 Å². The predicted octanol–water partition coefficient (Wildman–Crippen LogP) is 2.53. The van der Waals surface area contributed by atoms with Gasteiger partial charge in [0.15, 0.2) is 16.6 Å². The van der Waals surface area contributed by atoms with Gasteiger partial charge in [0, 0.05) is 12.6 Å². The topological polar surface area (TPSA) is 62.8 Å². The van der Waals surface area contributed by atoms with Crippen LogP contribution in [0.25, 0.3) is 0 Å². The van der Waals surface area contributed by atoms with Crippen molar-refractivity contribution in [1.29, 1.82) is 0 Å². The van der Waals surface area contributed by atoms with Crippen LogP contribution in [-0.2, 0) is 0 Å². The smallest absolute Gasteiger partial charge is 0.166 e. The van der Waals surface area contributed by atoms with Gasteiger partial charge in [-0.2, -0.15) is 0 Å². The number of hydrogen-bond acceptors (Lipinski definition) is 4. The van der Waals surface area contributed by atoms with Crippen molar-refractivity contribution in [2.45, 2.75) is 44.2 Å². The number of thiocarbonyl (C=S) groups is 1. The highest BCUT2D eigenvalue weighted by Gasteiger charge is 2.15. The van der Waals surface area contributed by atoms with Crippen molar-refractivity contribution in [3.8, 4) is 11.5 Å². The summed E-state index contributed by atoms with van der Waals surface area (Å²) in [5.41, 5.74) is 0.760. The van der Waals surface area contributed by atoms with Gasteiger partial charge in [0.2, 0.25) is 0 Å². The third kappa shape index (κ3) is 5.25. The molecule has 1 aliphatic rings. The lowest BCUT2D eigenvalue weighted by atomic mass is 9.96. The molecule has 5 nitrogen and oxygen atoms in total. The van der Waals surface area contributed by atoms with Crippen molar-refractivity contribution in [3.63, 3.8) is 0 Å². The van der Waals surface area contributed by atoms with Crippen molar-refractivity contribution in [2.24, 2.45) is 0 Å². The first-order valence-electron chi connectivity index (χ1n) is 8.08. The Hall–Kier alpha value is -1.53. The Morgan fingerprint density at radius 1 is 1.22 bits per heavy atom. The van der Waals surface area contributed by atoms with E-state index in [4.69, 9.17) is 21.7 Å². The number of aliphatic hydroxyl groups is 1. The Morgan fingerprint density at radius 2 is 1.91 bits per heavy atom. The van der Waals surface area contributed by atoms with E-state index in [9.17, 15) is 5.11 Å². The van der Waals surface area contributed by atoms with Gasteiger partial charge in [0.25, 0.3) is 0 Å². The summed E-state index contributed by atoms with van der Waals surface area (Å²) >= 11 is 5.31. The molecule has 1 fully saturated rings. The fourth-order valence-electron chi connectivity index (χ4n) is 2.85. The summed E-state index contributed by atoms with van der Waals surface area (Å²) in [4.78, 5) is 0. The highest BCUT2D eigenvalue weighted by Crippen LogP contribution is 2.29. The van der Waals surface area contributed by atoms with Crippen molar-refractivity contribution in [1.82, 2.24) is 10.6 Å². The van der Waals surface area contributed by atoms with Crippen molar-refractivity contribution < 1.29 is 14.6 Å². The summed E-state index contributed by atoms with van der Waals surface area (Å²) in [7, 11) is 3.17. The Morgan fingerprint density at radius 3 is 2.57 bits per heavy atom. The summed E-state index contributed by atoms with van der Waals surface area (Å²) in [6.45, 7) is 0.355. The molecule has 0 radical (unpaired) electrons. The van der Waals surface area contributed by atoms with E-state index >= 15 is 0 Å². The Balaban J connectivity index is 1.83. The van der Waals surface area contributed by atoms with Crippen molar-refractivity contribution >= 4 is 17.3 Å². The zero-order valence-corrected chi connectivity index (χ0v) is 14.6. The second-order valence-electron chi connectivity index (χ2n) is 5.82. The molecule has 1 aromatic carbocycles. The number of ether oxygens (including phenoxy) is 2. The lowest BCUT2D eigenvalue weighted by Crippen LogP contribution is -2.43. The molecule has 6 heteroatoms. The summed E-state index contributed by atoms with van der Waals surface area (Å²) < 4.78 is 10.5. The summed E-state index contributed by atoms with van der Waals surface area (Å²) in [6, 6.07) is 5.85. The molecule has 0 aromatic heterocycles. The quantitative estimate of drug-likeness (QED) is 0.693. The van der Waals surface area contributed by atoms with E-state index in [1.54, 1.807) is 26.4 Å². The summed E-state index contributed by atoms with van der Waals surface area (Å²) in [6.07, 6.45) is 5.50. The highest BCUT2D eigenvalue weighted by molar-refractivity contribution is 7.80. The minimum atomic E-state index is -0.666. The maximum absolute atomic E-state index is 10.3. The van der Waals surface area contributed by atoms with Crippen LogP contribution < -0.4 is 20.1 Å². The molecule has 0 amide bonds. The van der Waals surface area contributed by atoms with Gasteiger partial charge in [-0.1, -0.05) is 25.3 Å². The Kier molecular flexibility index (Phi) is 6.92. The summed E-state index contributed by atoms with van der Waals surface area (Å²) in [5, 5.41) is 17.3. The molecule has 3 N–H and O–H groups in total. The van der Waals surface area contributed by atoms with Crippen LogP contribution in [-0.4, -0.2) is 37.0 Å². The van der Waals surface area contributed by atoms with Crippen LogP contribution in [0.3, 0.4) is 0 Å². The van der Waals surface area contributed by atoms with Gasteiger partial charge < -0.3 is 25.2 Å². The SMILES string of the molecule is COc1ccc(C(O)CNC(=S)NC2CCCCC2)cc1OC. The average molecular weight is 338 g/mol. The molecule has 1 aliphatic carbocycles. The normalized spacial score (nSPS) is 16.5. The number of methoxy groups -OCH3 is 2. The number of benzene rings is 1. The molecule has 128 valence electrons. The number of nitrogens with one attached hydrogen (secondary N) is 2. The van der Waals surface area contributed by atoms with Gasteiger partial charge >= 0.3 is 0 Å². The first-order chi connectivity index (χ1) is 11.1. The fraction of sp³-hybridized carbons (Fsp3) is 0.588. The fourth-order valence-corrected chi connectivity index (χ4v) is 3.10. The number of rotatable bonds is 6. The van der Waals surface area contributed by atoms with E-state index in [1.807, 2.05) is 6.07 Å². The third-order valence-electron chi connectivity index (χ3n) is 4.19. The lowest BCUT2D eigenvalue weighted by Gasteiger charge is -2.25. The average Bonchev–Trinajstić information content (AvgIpc) is 2.59. The van der Waals surface area contributed by atoms with E-state index in [0.717, 1.165) is 5.56 Å². The van der Waals surface area contributed by atoms with E-state index in [-0.39, 0.29) is 0 Å². The first kappa shape index (κ1) is 17.8. The zero-order chi connectivity index (χ0) is 16.7. The minimum absolute atomic E-state index is 0.355. The monoisotopic (exact) mass is 338 g/mol. The molecular formula is C17H26N2O3S. The van der Waals surface area contributed by atoms with Gasteiger partial charge in [-0.05, 0) is 42.8 Å². The molecule has 0 spiro atoms. The molecule has 1 atom stereocenters. The van der Waals surface area contributed by atoms with E-state index in [1.165, 1.54) is 32.1 Å². The molecule has 2 rings (SSSR count). The van der Waals surface area contributed by atoms with Gasteiger partial charge in [0.1, 0.15) is 0 Å². The molecule has 0 aliphatic heterocycles. The van der Waals surface area contributed by atoms with E-state index < -0.39 is 6.10 Å². The van der Waals surface area contributed by atoms with Gasteiger partial charge in [-0.15, -0.1) is 0 Å². The third-order valence-corrected chi connectivity index (χ3v) is 4.45. The van der Waals surface area contributed by atoms with Crippen LogP contribution >= 0.6 is 12.2 Å². The Labute approximate surface area is 143 Å². The maximum atomic E-state index is 10.3. The number of aliphatic hydroxyl groups excluding tert-OH is 1. The van der Waals surface area contributed by atoms with E-state index in [0.29, 0.717) is 29.2 Å². The van der Waals surface area contributed by atoms with Crippen LogP contribution in [0.15, 0.2) is 18.2 Å². The second kappa shape index (κ2) is 8.93. The summed E-state index contributed by atoms with van der Waals surface area (Å²) in [5.74, 6) is 1.25. The van der Waals surface area contributed by atoms with Crippen molar-refractivity contribution in [2.75, 3.05) is 20.8 Å². The molecular weight excluding hydrogens is 312 g/mol. The Bertz CT molecular complexity index is 519. The van der Waals surface area contributed by atoms with Crippen LogP contribution in [0.2, 0.25) is 0 Å². The molecule has 0 heterocycles. The second-order valence-corrected chi connectivity index (χ2v) is 6.23. The minimum Gasteiger partial charge on any atom is -0.493 e. The molecule has 1 saturated carbocycles. The van der Waals surface area contributed by atoms with Crippen LogP contribution in [0.1, 0.15) is 43.8 Å². The van der Waals surface area contributed by atoms with Crippen LogP contribution in [0.5, 0.6) is 11.5 Å². The highest BCUT2D eigenvalue weighted by atomic mass is 32.1. The van der Waals surface area contributed by atoms with Gasteiger partial charge in [-0.25, -0.2) is 0 Å². The molecule has 1 aromatic rings. The number of hydrogen-bond donors (Lipinski definition) is 3. The van der Waals surface area contributed by atoms with Crippen LogP contribution in [0.4, 0.5) is 0 Å². The van der Waals surface area contributed by atoms with Crippen LogP contribution in [0, 0.1) is 0 Å². The zero-order valence-electron chi connectivity index (χ0n) is 13.8. The van der Waals surface area contributed by atoms with Gasteiger partial charge in [0.05, 0.1) is 20.3 Å². The molecule has 0 saturated heterocycles. The van der Waals surface area contributed by atoms with E-state index in [2.05, 4.69) is 10.6 Å². The first-order valence-corrected chi connectivity index (χ1v) is 8.49.